The molecule has 0 amide bonds. The topological polar surface area (TPSA) is 81.6 Å². The van der Waals surface area contributed by atoms with Gasteiger partial charge < -0.3 is 14.4 Å². The predicted molar refractivity (Wildman–Crippen MR) is 115 cm³/mol. The number of nitrogens with zero attached hydrogens (tertiary/aromatic N) is 3. The van der Waals surface area contributed by atoms with Gasteiger partial charge in [-0.15, -0.1) is 11.3 Å². The van der Waals surface area contributed by atoms with Gasteiger partial charge in [-0.3, -0.25) is 4.79 Å². The van der Waals surface area contributed by atoms with Gasteiger partial charge in [-0.25, -0.2) is 14.8 Å². The number of hydrogen-bond donors (Lipinski definition) is 0. The molecule has 3 heterocycles. The van der Waals surface area contributed by atoms with Crippen LogP contribution in [0.5, 0.6) is 5.75 Å². The van der Waals surface area contributed by atoms with E-state index in [0.717, 1.165) is 29.1 Å². The number of methoxy groups -OCH3 is 1. The van der Waals surface area contributed by atoms with Crippen molar-refractivity contribution in [3.8, 4) is 5.75 Å². The zero-order chi connectivity index (χ0) is 21.3. The summed E-state index contributed by atoms with van der Waals surface area (Å²) in [4.78, 5) is 37.5. The molecule has 1 fully saturated rings. The number of piperidine rings is 1. The molecule has 2 aromatic heterocycles. The van der Waals surface area contributed by atoms with Crippen LogP contribution in [0.15, 0.2) is 30.6 Å². The van der Waals surface area contributed by atoms with Crippen LogP contribution < -0.4 is 9.64 Å². The van der Waals surface area contributed by atoms with Gasteiger partial charge in [0, 0.05) is 18.0 Å². The van der Waals surface area contributed by atoms with Gasteiger partial charge in [-0.05, 0) is 56.5 Å². The van der Waals surface area contributed by atoms with Crippen molar-refractivity contribution in [2.45, 2.75) is 26.7 Å². The average molecular weight is 426 g/mol. The number of hydrogen-bond acceptors (Lipinski definition) is 8. The Kier molecular flexibility index (Phi) is 5.67. The zero-order valence-electron chi connectivity index (χ0n) is 17.2. The Bertz CT molecular complexity index is 1090. The molecule has 1 aliphatic heterocycles. The molecule has 0 bridgehead atoms. The second-order valence-electron chi connectivity index (χ2n) is 7.36. The Morgan fingerprint density at radius 2 is 1.80 bits per heavy atom. The van der Waals surface area contributed by atoms with E-state index in [2.05, 4.69) is 33.5 Å². The van der Waals surface area contributed by atoms with Crippen molar-refractivity contribution in [3.63, 3.8) is 0 Å². The monoisotopic (exact) mass is 425 g/mol. The molecule has 30 heavy (non-hydrogen) atoms. The highest BCUT2D eigenvalue weighted by Gasteiger charge is 2.28. The largest absolute Gasteiger partial charge is 0.465 e. The van der Waals surface area contributed by atoms with Gasteiger partial charge in [-0.1, -0.05) is 0 Å². The normalized spacial score (nSPS) is 14.7. The number of benzene rings is 1. The number of rotatable bonds is 4. The second-order valence-corrected chi connectivity index (χ2v) is 8.56. The second kappa shape index (κ2) is 8.39. The maximum absolute atomic E-state index is 12.6. The Balaban J connectivity index is 1.40. The summed E-state index contributed by atoms with van der Waals surface area (Å²) in [7, 11) is 1.33. The third-order valence-electron chi connectivity index (χ3n) is 5.57. The lowest BCUT2D eigenvalue weighted by molar-refractivity contribution is -0.139. The van der Waals surface area contributed by atoms with Crippen molar-refractivity contribution in [2.24, 2.45) is 5.92 Å². The van der Waals surface area contributed by atoms with Gasteiger partial charge >= 0.3 is 11.9 Å². The molecule has 0 atom stereocenters. The number of carbonyl (C=O) groups is 2. The van der Waals surface area contributed by atoms with Crippen molar-refractivity contribution >= 4 is 39.3 Å². The fraction of sp³-hybridized carbons (Fsp3) is 0.364. The Morgan fingerprint density at radius 1 is 1.10 bits per heavy atom. The van der Waals surface area contributed by atoms with Crippen molar-refractivity contribution in [3.05, 3.63) is 46.6 Å². The van der Waals surface area contributed by atoms with E-state index in [4.69, 9.17) is 4.74 Å². The lowest BCUT2D eigenvalue weighted by Gasteiger charge is -2.32. The average Bonchev–Trinajstić information content (AvgIpc) is 3.07. The van der Waals surface area contributed by atoms with Gasteiger partial charge in [0.1, 0.15) is 22.7 Å². The molecular weight excluding hydrogens is 402 g/mol. The molecule has 0 aliphatic carbocycles. The first-order valence-electron chi connectivity index (χ1n) is 9.83. The minimum atomic E-state index is -0.421. The lowest BCUT2D eigenvalue weighted by Crippen LogP contribution is -2.38. The van der Waals surface area contributed by atoms with E-state index in [1.807, 2.05) is 0 Å². The van der Waals surface area contributed by atoms with Crippen LogP contribution >= 0.6 is 11.3 Å². The third-order valence-corrected chi connectivity index (χ3v) is 6.68. The Hall–Kier alpha value is -3.00. The SMILES string of the molecule is COC(=O)c1ccc(OC(=O)C2CCN(c3ncnc4sc(C)c(C)c34)CC2)cc1. The molecular formula is C22H23N3O4S. The molecule has 7 nitrogen and oxygen atoms in total. The van der Waals surface area contributed by atoms with Gasteiger partial charge in [0.15, 0.2) is 0 Å². The summed E-state index contributed by atoms with van der Waals surface area (Å²) in [5.74, 6) is 0.555. The van der Waals surface area contributed by atoms with Gasteiger partial charge in [0.25, 0.3) is 0 Å². The van der Waals surface area contributed by atoms with Crippen LogP contribution in [-0.4, -0.2) is 42.1 Å². The molecule has 0 radical (unpaired) electrons. The van der Waals surface area contributed by atoms with Crippen LogP contribution in [0.2, 0.25) is 0 Å². The fourth-order valence-electron chi connectivity index (χ4n) is 3.71. The van der Waals surface area contributed by atoms with E-state index in [1.54, 1.807) is 41.9 Å². The predicted octanol–water partition coefficient (Wildman–Crippen LogP) is 3.92. The van der Waals surface area contributed by atoms with Crippen molar-refractivity contribution < 1.29 is 19.1 Å². The summed E-state index contributed by atoms with van der Waals surface area (Å²) < 4.78 is 10.2. The molecule has 0 saturated carbocycles. The summed E-state index contributed by atoms with van der Waals surface area (Å²) in [5, 5.41) is 1.12. The van der Waals surface area contributed by atoms with E-state index >= 15 is 0 Å². The van der Waals surface area contributed by atoms with Crippen LogP contribution in [-0.2, 0) is 9.53 Å². The minimum absolute atomic E-state index is 0.163. The smallest absolute Gasteiger partial charge is 0.337 e. The number of aromatic nitrogens is 2. The quantitative estimate of drug-likeness (QED) is 0.463. The number of fused-ring (bicyclic) bond motifs is 1. The van der Waals surface area contributed by atoms with Crippen molar-refractivity contribution in [2.75, 3.05) is 25.1 Å². The Morgan fingerprint density at radius 3 is 2.47 bits per heavy atom. The Labute approximate surface area is 178 Å². The first-order chi connectivity index (χ1) is 14.5. The molecule has 3 aromatic rings. The number of ether oxygens (including phenoxy) is 2. The van der Waals surface area contributed by atoms with Crippen molar-refractivity contribution in [1.82, 2.24) is 9.97 Å². The fourth-order valence-corrected chi connectivity index (χ4v) is 4.70. The first-order valence-corrected chi connectivity index (χ1v) is 10.6. The number of anilines is 1. The summed E-state index contributed by atoms with van der Waals surface area (Å²) in [6.07, 6.45) is 3.02. The maximum atomic E-state index is 12.6. The summed E-state index contributed by atoms with van der Waals surface area (Å²) in [6.45, 7) is 5.69. The van der Waals surface area contributed by atoms with E-state index in [-0.39, 0.29) is 11.9 Å². The highest BCUT2D eigenvalue weighted by Crippen LogP contribution is 2.35. The van der Waals surface area contributed by atoms with Crippen molar-refractivity contribution in [1.29, 1.82) is 0 Å². The summed E-state index contributed by atoms with van der Waals surface area (Å²) >= 11 is 1.69. The number of thiophene rings is 1. The lowest BCUT2D eigenvalue weighted by atomic mass is 9.96. The van der Waals surface area contributed by atoms with Crippen LogP contribution in [0.4, 0.5) is 5.82 Å². The van der Waals surface area contributed by atoms with Crippen LogP contribution in [0.3, 0.4) is 0 Å². The maximum Gasteiger partial charge on any atom is 0.337 e. The highest BCUT2D eigenvalue weighted by molar-refractivity contribution is 7.18. The number of aryl methyl sites for hydroxylation is 2. The van der Waals surface area contributed by atoms with Gasteiger partial charge in [-0.2, -0.15) is 0 Å². The molecule has 156 valence electrons. The summed E-state index contributed by atoms with van der Waals surface area (Å²) in [6, 6.07) is 6.39. The van der Waals surface area contributed by atoms with E-state index < -0.39 is 5.97 Å². The molecule has 4 rings (SSSR count). The van der Waals surface area contributed by atoms with Crippen LogP contribution in [0.25, 0.3) is 10.2 Å². The minimum Gasteiger partial charge on any atom is -0.465 e. The molecule has 0 spiro atoms. The van der Waals surface area contributed by atoms with Gasteiger partial charge in [0.05, 0.1) is 24.0 Å². The number of carbonyl (C=O) groups excluding carboxylic acids is 2. The molecule has 0 unspecified atom stereocenters. The molecule has 1 aromatic carbocycles. The molecule has 0 N–H and O–H groups in total. The molecule has 1 aliphatic rings. The summed E-state index contributed by atoms with van der Waals surface area (Å²) in [5.41, 5.74) is 1.64. The third kappa shape index (κ3) is 3.87. The highest BCUT2D eigenvalue weighted by atomic mass is 32.1. The van der Waals surface area contributed by atoms with Crippen LogP contribution in [0, 0.1) is 19.8 Å². The van der Waals surface area contributed by atoms with E-state index in [0.29, 0.717) is 24.2 Å². The van der Waals surface area contributed by atoms with Crippen LogP contribution in [0.1, 0.15) is 33.6 Å². The van der Waals surface area contributed by atoms with E-state index in [9.17, 15) is 9.59 Å². The number of esters is 2. The van der Waals surface area contributed by atoms with Gasteiger partial charge in [0.2, 0.25) is 0 Å². The molecule has 1 saturated heterocycles. The first kappa shape index (κ1) is 20.3. The van der Waals surface area contributed by atoms with E-state index in [1.165, 1.54) is 17.6 Å². The standard InChI is InChI=1S/C22H23N3O4S/c1-13-14(2)30-20-18(13)19(23-12-24-20)25-10-8-16(9-11-25)22(27)29-17-6-4-15(5-7-17)21(26)28-3/h4-7,12,16H,8-11H2,1-3H3. The molecule has 8 heteroatoms. The zero-order valence-corrected chi connectivity index (χ0v) is 18.0.